The topological polar surface area (TPSA) is 120 Å². The molecule has 2 amide bonds. The number of amides is 2. The molecule has 47 heavy (non-hydrogen) atoms. The monoisotopic (exact) mass is 634 g/mol. The largest absolute Gasteiger partial charge is 0.484 e. The number of nitrogens with zero attached hydrogens (tertiary/aromatic N) is 5. The third-order valence-electron chi connectivity index (χ3n) is 9.12. The molecule has 10 nitrogen and oxygen atoms in total. The lowest BCUT2D eigenvalue weighted by Gasteiger charge is -2.32. The van der Waals surface area contributed by atoms with Gasteiger partial charge in [0.25, 0.3) is 0 Å². The van der Waals surface area contributed by atoms with Gasteiger partial charge in [-0.3, -0.25) is 9.72 Å². The molecule has 10 heteroatoms. The molecule has 2 aromatic heterocycles. The zero-order chi connectivity index (χ0) is 33.0. The first-order valence-corrected chi connectivity index (χ1v) is 16.7. The number of amidine groups is 1. The van der Waals surface area contributed by atoms with E-state index >= 15 is 0 Å². The number of rotatable bonds is 9. The SMILES string of the molecule is Cc1ccc(N=C(CC(=N)C(C)(C)C)NC(=O)NC2CCC(Oc3ccc4nnc(CCN5CCCC5)n4c3)c3ccccc32)cc1. The van der Waals surface area contributed by atoms with Gasteiger partial charge in [-0.2, -0.15) is 0 Å². The molecule has 1 saturated heterocycles. The van der Waals surface area contributed by atoms with E-state index in [-0.39, 0.29) is 30.0 Å². The molecule has 3 heterocycles. The van der Waals surface area contributed by atoms with Crippen molar-refractivity contribution in [2.24, 2.45) is 10.4 Å². The van der Waals surface area contributed by atoms with Crippen LogP contribution in [0.1, 0.15) is 87.5 Å². The van der Waals surface area contributed by atoms with Crippen LogP contribution in [0, 0.1) is 17.7 Å². The fourth-order valence-electron chi connectivity index (χ4n) is 6.26. The summed E-state index contributed by atoms with van der Waals surface area (Å²) in [6.45, 7) is 11.3. The van der Waals surface area contributed by atoms with Crippen LogP contribution in [0.4, 0.5) is 10.5 Å². The van der Waals surface area contributed by atoms with Crippen molar-refractivity contribution in [3.8, 4) is 5.75 Å². The average molecular weight is 635 g/mol. The normalized spacial score (nSPS) is 18.6. The highest BCUT2D eigenvalue weighted by molar-refractivity contribution is 6.09. The van der Waals surface area contributed by atoms with Gasteiger partial charge in [-0.05, 0) is 86.5 Å². The van der Waals surface area contributed by atoms with E-state index in [0.717, 1.165) is 72.1 Å². The van der Waals surface area contributed by atoms with Crippen molar-refractivity contribution in [2.45, 2.75) is 78.4 Å². The van der Waals surface area contributed by atoms with Crippen molar-refractivity contribution in [1.29, 1.82) is 5.41 Å². The van der Waals surface area contributed by atoms with Crippen LogP contribution in [-0.2, 0) is 6.42 Å². The van der Waals surface area contributed by atoms with Crippen LogP contribution in [0.25, 0.3) is 5.65 Å². The van der Waals surface area contributed by atoms with Gasteiger partial charge in [0.15, 0.2) is 5.65 Å². The van der Waals surface area contributed by atoms with Gasteiger partial charge in [0, 0.05) is 25.1 Å². The van der Waals surface area contributed by atoms with Gasteiger partial charge in [-0.15, -0.1) is 10.2 Å². The van der Waals surface area contributed by atoms with E-state index in [4.69, 9.17) is 15.1 Å². The van der Waals surface area contributed by atoms with Crippen molar-refractivity contribution >= 4 is 28.9 Å². The molecule has 0 bridgehead atoms. The molecule has 6 rings (SSSR count). The maximum atomic E-state index is 13.4. The second kappa shape index (κ2) is 14.0. The third kappa shape index (κ3) is 8.05. The van der Waals surface area contributed by atoms with E-state index in [1.165, 1.54) is 12.8 Å². The Labute approximate surface area is 277 Å². The van der Waals surface area contributed by atoms with Crippen LogP contribution in [0.5, 0.6) is 5.75 Å². The molecule has 246 valence electrons. The van der Waals surface area contributed by atoms with E-state index in [0.29, 0.717) is 18.0 Å². The van der Waals surface area contributed by atoms with Crippen molar-refractivity contribution in [3.63, 3.8) is 0 Å². The van der Waals surface area contributed by atoms with E-state index < -0.39 is 0 Å². The van der Waals surface area contributed by atoms with Gasteiger partial charge in [-0.25, -0.2) is 9.79 Å². The van der Waals surface area contributed by atoms with Crippen molar-refractivity contribution in [1.82, 2.24) is 30.1 Å². The van der Waals surface area contributed by atoms with Crippen molar-refractivity contribution in [3.05, 3.63) is 89.4 Å². The van der Waals surface area contributed by atoms with Gasteiger partial charge < -0.3 is 20.4 Å². The summed E-state index contributed by atoms with van der Waals surface area (Å²) >= 11 is 0. The summed E-state index contributed by atoms with van der Waals surface area (Å²) in [6.07, 6.45) is 6.94. The Hall–Kier alpha value is -4.57. The van der Waals surface area contributed by atoms with E-state index in [1.807, 2.05) is 86.8 Å². The summed E-state index contributed by atoms with van der Waals surface area (Å²) in [5.74, 6) is 2.15. The van der Waals surface area contributed by atoms with Gasteiger partial charge in [-0.1, -0.05) is 62.7 Å². The zero-order valence-electron chi connectivity index (χ0n) is 27.9. The summed E-state index contributed by atoms with van der Waals surface area (Å²) in [5, 5.41) is 23.6. The maximum Gasteiger partial charge on any atom is 0.320 e. The van der Waals surface area contributed by atoms with Crippen LogP contribution in [0.15, 0.2) is 71.9 Å². The van der Waals surface area contributed by atoms with E-state index in [9.17, 15) is 4.79 Å². The third-order valence-corrected chi connectivity index (χ3v) is 9.12. The molecule has 0 radical (unpaired) electrons. The zero-order valence-corrected chi connectivity index (χ0v) is 27.9. The fourth-order valence-corrected chi connectivity index (χ4v) is 6.26. The van der Waals surface area contributed by atoms with Crippen LogP contribution in [0.3, 0.4) is 0 Å². The lowest BCUT2D eigenvalue weighted by Crippen LogP contribution is -2.43. The number of likely N-dealkylation sites (tertiary alicyclic amines) is 1. The molecule has 2 atom stereocenters. The first kappa shape index (κ1) is 32.4. The molecule has 2 aromatic carbocycles. The summed E-state index contributed by atoms with van der Waals surface area (Å²) in [6, 6.07) is 19.4. The van der Waals surface area contributed by atoms with Crippen LogP contribution < -0.4 is 15.4 Å². The van der Waals surface area contributed by atoms with Crippen LogP contribution in [0.2, 0.25) is 0 Å². The summed E-state index contributed by atoms with van der Waals surface area (Å²) in [7, 11) is 0. The lowest BCUT2D eigenvalue weighted by molar-refractivity contribution is 0.171. The minimum atomic E-state index is -0.337. The fraction of sp³-hybridized carbons (Fsp3) is 0.432. The number of hydrogen-bond donors (Lipinski definition) is 3. The number of nitrogens with one attached hydrogen (secondary N) is 3. The second-order valence-electron chi connectivity index (χ2n) is 13.8. The molecule has 1 fully saturated rings. The molecule has 3 N–H and O–H groups in total. The molecule has 1 aliphatic heterocycles. The number of carbonyl (C=O) groups is 1. The number of aryl methyl sites for hydroxylation is 1. The Kier molecular flexibility index (Phi) is 9.68. The summed E-state index contributed by atoms with van der Waals surface area (Å²) in [4.78, 5) is 20.6. The number of carbonyl (C=O) groups excluding carboxylic acids is 1. The highest BCUT2D eigenvalue weighted by Crippen LogP contribution is 2.38. The molecule has 2 unspecified atom stereocenters. The smallest absolute Gasteiger partial charge is 0.320 e. The standard InChI is InChI=1S/C37H46N8O2/c1-25-11-13-26(14-12-25)39-33(23-32(38)37(2,3)4)41-36(46)40-30-16-17-31(29-10-6-5-9-28(29)30)47-27-15-18-34-42-43-35(45(34)24-27)19-22-44-20-7-8-21-44/h5-6,9-15,18,24,30-31,38H,7-8,16-17,19-23H2,1-4H3,(H2,39,40,41,46). The van der Waals surface area contributed by atoms with Crippen molar-refractivity contribution in [2.75, 3.05) is 19.6 Å². The summed E-state index contributed by atoms with van der Waals surface area (Å²) in [5.41, 5.74) is 4.94. The summed E-state index contributed by atoms with van der Waals surface area (Å²) < 4.78 is 8.65. The van der Waals surface area contributed by atoms with E-state index in [2.05, 4.69) is 37.9 Å². The maximum absolute atomic E-state index is 13.4. The van der Waals surface area contributed by atoms with Gasteiger partial charge >= 0.3 is 6.03 Å². The molecule has 4 aromatic rings. The Balaban J connectivity index is 1.14. The number of urea groups is 1. The first-order chi connectivity index (χ1) is 22.6. The predicted molar refractivity (Wildman–Crippen MR) is 186 cm³/mol. The number of aliphatic imine (C=N–C) groups is 1. The van der Waals surface area contributed by atoms with Crippen molar-refractivity contribution < 1.29 is 9.53 Å². The minimum Gasteiger partial charge on any atom is -0.484 e. The highest BCUT2D eigenvalue weighted by atomic mass is 16.5. The molecule has 0 spiro atoms. The highest BCUT2D eigenvalue weighted by Gasteiger charge is 2.30. The Bertz CT molecular complexity index is 1750. The first-order valence-electron chi connectivity index (χ1n) is 16.7. The molecular formula is C37H46N8O2. The molecule has 0 saturated carbocycles. The molecule has 2 aliphatic rings. The number of fused-ring (bicyclic) bond motifs is 2. The Morgan fingerprint density at radius 2 is 1.74 bits per heavy atom. The average Bonchev–Trinajstić information content (AvgIpc) is 3.72. The van der Waals surface area contributed by atoms with Gasteiger partial charge in [0.2, 0.25) is 0 Å². The molecule has 1 aliphatic carbocycles. The van der Waals surface area contributed by atoms with E-state index in [1.54, 1.807) is 0 Å². The quantitative estimate of drug-likeness (QED) is 0.134. The number of pyridine rings is 1. The second-order valence-corrected chi connectivity index (χ2v) is 13.8. The van der Waals surface area contributed by atoms with Gasteiger partial charge in [0.05, 0.1) is 17.9 Å². The van der Waals surface area contributed by atoms with Crippen LogP contribution >= 0.6 is 0 Å². The lowest BCUT2D eigenvalue weighted by atomic mass is 9.85. The molecular weight excluding hydrogens is 588 g/mol. The Morgan fingerprint density at radius 3 is 2.49 bits per heavy atom. The predicted octanol–water partition coefficient (Wildman–Crippen LogP) is 7.12. The van der Waals surface area contributed by atoms with Gasteiger partial charge in [0.1, 0.15) is 23.5 Å². The number of benzene rings is 2. The number of aromatic nitrogens is 3. The minimum absolute atomic E-state index is 0.153. The number of ether oxygens (including phenoxy) is 1. The van der Waals surface area contributed by atoms with Crippen LogP contribution in [-0.4, -0.2) is 56.7 Å². The number of hydrogen-bond acceptors (Lipinski definition) is 7. The Morgan fingerprint density at radius 1 is 1.00 bits per heavy atom.